The van der Waals surface area contributed by atoms with Crippen molar-refractivity contribution in [1.29, 1.82) is 0 Å². The van der Waals surface area contributed by atoms with Crippen LogP contribution in [0.1, 0.15) is 22.5 Å². The molecule has 0 fully saturated rings. The lowest BCUT2D eigenvalue weighted by Gasteiger charge is -2.16. The number of carbonyl (C=O) groups is 1. The van der Waals surface area contributed by atoms with E-state index in [1.165, 1.54) is 4.90 Å². The quantitative estimate of drug-likeness (QED) is 0.894. The van der Waals surface area contributed by atoms with Crippen molar-refractivity contribution < 1.29 is 18.0 Å². The van der Waals surface area contributed by atoms with Crippen LogP contribution >= 0.6 is 0 Å². The largest absolute Gasteiger partial charge is 0.433 e. The molecule has 0 aliphatic heterocycles. The second-order valence-electron chi connectivity index (χ2n) is 3.80. The van der Waals surface area contributed by atoms with Crippen LogP contribution in [0.25, 0.3) is 0 Å². The maximum atomic E-state index is 12.3. The fraction of sp³-hybridized carbons (Fsp3) is 0.455. The maximum Gasteiger partial charge on any atom is 0.433 e. The summed E-state index contributed by atoms with van der Waals surface area (Å²) in [7, 11) is 1.57. The highest BCUT2D eigenvalue weighted by Crippen LogP contribution is 2.27. The molecule has 0 saturated carbocycles. The minimum absolute atomic E-state index is 0.127. The topological polar surface area (TPSA) is 59.2 Å². The van der Waals surface area contributed by atoms with Gasteiger partial charge in [-0.25, -0.2) is 0 Å². The van der Waals surface area contributed by atoms with Crippen LogP contribution in [-0.4, -0.2) is 35.9 Å². The minimum Gasteiger partial charge on any atom is -0.342 e. The SMILES string of the molecule is CN(CCCN)C(=O)c1ccc(C(F)(F)F)nc1. The number of nitrogens with two attached hydrogens (primary N) is 1. The lowest BCUT2D eigenvalue weighted by Crippen LogP contribution is -2.29. The number of halogens is 3. The fourth-order valence-electron chi connectivity index (χ4n) is 1.34. The molecule has 0 unspecified atom stereocenters. The highest BCUT2D eigenvalue weighted by Gasteiger charge is 2.32. The van der Waals surface area contributed by atoms with E-state index >= 15 is 0 Å². The standard InChI is InChI=1S/C11H14F3N3O/c1-17(6-2-5-15)10(18)8-3-4-9(16-7-8)11(12,13)14/h3-4,7H,2,5-6,15H2,1H3. The molecule has 1 aromatic heterocycles. The van der Waals surface area contributed by atoms with Gasteiger partial charge in [0.1, 0.15) is 5.69 Å². The second kappa shape index (κ2) is 5.81. The second-order valence-corrected chi connectivity index (χ2v) is 3.80. The molecule has 0 spiro atoms. The summed E-state index contributed by atoms with van der Waals surface area (Å²) in [5.74, 6) is -0.371. The number of pyridine rings is 1. The van der Waals surface area contributed by atoms with E-state index in [-0.39, 0.29) is 11.5 Å². The van der Waals surface area contributed by atoms with E-state index in [1.54, 1.807) is 7.05 Å². The van der Waals surface area contributed by atoms with Gasteiger partial charge in [-0.1, -0.05) is 0 Å². The Morgan fingerprint density at radius 1 is 1.44 bits per heavy atom. The Bertz CT molecular complexity index is 403. The number of hydrogen-bond acceptors (Lipinski definition) is 3. The van der Waals surface area contributed by atoms with Gasteiger partial charge in [0.25, 0.3) is 5.91 Å². The molecule has 4 nitrogen and oxygen atoms in total. The van der Waals surface area contributed by atoms with Crippen LogP contribution in [-0.2, 0) is 6.18 Å². The Labute approximate surface area is 103 Å². The first-order valence-corrected chi connectivity index (χ1v) is 5.35. The minimum atomic E-state index is -4.49. The summed E-state index contributed by atoms with van der Waals surface area (Å²) in [5.41, 5.74) is 4.42. The van der Waals surface area contributed by atoms with E-state index < -0.39 is 11.9 Å². The van der Waals surface area contributed by atoms with Crippen molar-refractivity contribution in [3.8, 4) is 0 Å². The first kappa shape index (κ1) is 14.4. The van der Waals surface area contributed by atoms with Crippen molar-refractivity contribution >= 4 is 5.91 Å². The van der Waals surface area contributed by atoms with E-state index in [0.717, 1.165) is 18.3 Å². The van der Waals surface area contributed by atoms with Gasteiger partial charge in [-0.3, -0.25) is 9.78 Å². The normalized spacial score (nSPS) is 11.4. The van der Waals surface area contributed by atoms with Gasteiger partial charge in [-0.15, -0.1) is 0 Å². The average Bonchev–Trinajstić information content (AvgIpc) is 2.34. The molecule has 2 N–H and O–H groups in total. The number of nitrogens with zero attached hydrogens (tertiary/aromatic N) is 2. The summed E-state index contributed by atoms with van der Waals surface area (Å²) in [6.45, 7) is 0.902. The Morgan fingerprint density at radius 2 is 2.11 bits per heavy atom. The highest BCUT2D eigenvalue weighted by atomic mass is 19.4. The molecule has 0 atom stereocenters. The van der Waals surface area contributed by atoms with Gasteiger partial charge in [-0.2, -0.15) is 13.2 Å². The van der Waals surface area contributed by atoms with Crippen molar-refractivity contribution in [2.45, 2.75) is 12.6 Å². The summed E-state index contributed by atoms with van der Waals surface area (Å²) < 4.78 is 36.8. The van der Waals surface area contributed by atoms with Crippen LogP contribution in [0.15, 0.2) is 18.3 Å². The van der Waals surface area contributed by atoms with Gasteiger partial charge < -0.3 is 10.6 Å². The predicted octanol–water partition coefficient (Wildman–Crippen LogP) is 1.52. The Morgan fingerprint density at radius 3 is 2.56 bits per heavy atom. The van der Waals surface area contributed by atoms with E-state index in [0.29, 0.717) is 19.5 Å². The molecule has 100 valence electrons. The number of amides is 1. The number of alkyl halides is 3. The predicted molar refractivity (Wildman–Crippen MR) is 59.9 cm³/mol. The smallest absolute Gasteiger partial charge is 0.342 e. The number of aromatic nitrogens is 1. The lowest BCUT2D eigenvalue weighted by atomic mass is 10.2. The third-order valence-electron chi connectivity index (χ3n) is 2.35. The van der Waals surface area contributed by atoms with Crippen molar-refractivity contribution in [2.75, 3.05) is 20.1 Å². The number of carbonyl (C=O) groups excluding carboxylic acids is 1. The van der Waals surface area contributed by atoms with Crippen LogP contribution in [0.3, 0.4) is 0 Å². The van der Waals surface area contributed by atoms with Gasteiger partial charge in [0.2, 0.25) is 0 Å². The Balaban J connectivity index is 2.76. The van der Waals surface area contributed by atoms with Gasteiger partial charge in [0, 0.05) is 19.8 Å². The molecular weight excluding hydrogens is 247 g/mol. The van der Waals surface area contributed by atoms with E-state index in [1.807, 2.05) is 0 Å². The van der Waals surface area contributed by atoms with Crippen molar-refractivity contribution in [1.82, 2.24) is 9.88 Å². The first-order chi connectivity index (χ1) is 8.36. The maximum absolute atomic E-state index is 12.3. The zero-order chi connectivity index (χ0) is 13.8. The zero-order valence-electron chi connectivity index (χ0n) is 9.87. The average molecular weight is 261 g/mol. The molecule has 0 bridgehead atoms. The molecular formula is C11H14F3N3O. The molecule has 0 aliphatic rings. The summed E-state index contributed by atoms with van der Waals surface area (Å²) in [6.07, 6.45) is -2.92. The highest BCUT2D eigenvalue weighted by molar-refractivity contribution is 5.93. The van der Waals surface area contributed by atoms with Gasteiger partial charge in [0.15, 0.2) is 0 Å². The van der Waals surface area contributed by atoms with Crippen LogP contribution in [0.4, 0.5) is 13.2 Å². The summed E-state index contributed by atoms with van der Waals surface area (Å²) >= 11 is 0. The van der Waals surface area contributed by atoms with Crippen LogP contribution < -0.4 is 5.73 Å². The summed E-state index contributed by atoms with van der Waals surface area (Å²) in [6, 6.07) is 1.92. The monoisotopic (exact) mass is 261 g/mol. The fourth-order valence-corrected chi connectivity index (χ4v) is 1.34. The summed E-state index contributed by atoms with van der Waals surface area (Å²) in [4.78, 5) is 16.4. The van der Waals surface area contributed by atoms with Crippen molar-refractivity contribution in [3.05, 3.63) is 29.6 Å². The van der Waals surface area contributed by atoms with Crippen molar-refractivity contribution in [2.24, 2.45) is 5.73 Å². The Hall–Kier alpha value is -1.63. The molecule has 7 heteroatoms. The van der Waals surface area contributed by atoms with Gasteiger partial charge in [0.05, 0.1) is 5.56 Å². The third-order valence-corrected chi connectivity index (χ3v) is 2.35. The number of rotatable bonds is 4. The molecule has 0 aliphatic carbocycles. The number of hydrogen-bond donors (Lipinski definition) is 1. The molecule has 1 heterocycles. The molecule has 1 aromatic rings. The molecule has 1 rings (SSSR count). The van der Waals surface area contributed by atoms with Crippen molar-refractivity contribution in [3.63, 3.8) is 0 Å². The van der Waals surface area contributed by atoms with Crippen LogP contribution in [0.2, 0.25) is 0 Å². The van der Waals surface area contributed by atoms with Crippen LogP contribution in [0, 0.1) is 0 Å². The molecule has 18 heavy (non-hydrogen) atoms. The van der Waals surface area contributed by atoms with Crippen LogP contribution in [0.5, 0.6) is 0 Å². The van der Waals surface area contributed by atoms with E-state index in [9.17, 15) is 18.0 Å². The Kier molecular flexibility index (Phi) is 4.66. The molecule has 0 aromatic carbocycles. The summed E-state index contributed by atoms with van der Waals surface area (Å²) in [5, 5.41) is 0. The molecule has 1 amide bonds. The zero-order valence-corrected chi connectivity index (χ0v) is 9.87. The molecule has 0 radical (unpaired) electrons. The first-order valence-electron chi connectivity index (χ1n) is 5.35. The molecule has 0 saturated heterocycles. The van der Waals surface area contributed by atoms with Gasteiger partial charge in [-0.05, 0) is 25.1 Å². The van der Waals surface area contributed by atoms with E-state index in [2.05, 4.69) is 4.98 Å². The van der Waals surface area contributed by atoms with E-state index in [4.69, 9.17) is 5.73 Å². The van der Waals surface area contributed by atoms with Gasteiger partial charge >= 0.3 is 6.18 Å². The third kappa shape index (κ3) is 3.69. The lowest BCUT2D eigenvalue weighted by molar-refractivity contribution is -0.141.